The molecule has 0 unspecified atom stereocenters. The maximum Gasteiger partial charge on any atom is 0.175 e. The van der Waals surface area contributed by atoms with Crippen molar-refractivity contribution >= 4 is 33.1 Å². The summed E-state index contributed by atoms with van der Waals surface area (Å²) >= 11 is 0. The van der Waals surface area contributed by atoms with Crippen LogP contribution in [0.2, 0.25) is 0 Å². The monoisotopic (exact) mass is 511 g/mol. The van der Waals surface area contributed by atoms with Crippen molar-refractivity contribution in [2.45, 2.75) is 50.7 Å². The van der Waals surface area contributed by atoms with Crippen molar-refractivity contribution in [1.29, 1.82) is 0 Å². The number of aromatic nitrogens is 3. The number of halogens is 2. The zero-order chi connectivity index (χ0) is 26.3. The Labute approximate surface area is 219 Å². The van der Waals surface area contributed by atoms with Gasteiger partial charge in [-0.1, -0.05) is 18.6 Å². The fourth-order valence-corrected chi connectivity index (χ4v) is 6.17. The van der Waals surface area contributed by atoms with Crippen molar-refractivity contribution in [3.05, 3.63) is 53.7 Å². The van der Waals surface area contributed by atoms with E-state index in [4.69, 9.17) is 16.5 Å². The molecule has 0 radical (unpaired) electrons. The van der Waals surface area contributed by atoms with Gasteiger partial charge >= 0.3 is 0 Å². The molecule has 192 valence electrons. The molecule has 2 aromatic carbocycles. The lowest BCUT2D eigenvalue weighted by atomic mass is 9.92. The number of nitrogens with zero attached hydrogens (tertiary/aromatic N) is 4. The second-order valence-corrected chi connectivity index (χ2v) is 10.8. The van der Waals surface area contributed by atoms with E-state index in [9.17, 15) is 9.50 Å². The number of terminal acetylenes is 1. The summed E-state index contributed by atoms with van der Waals surface area (Å²) in [5.41, 5.74) is 1.82. The number of allylic oxidation sites excluding steroid dienone is 1. The number of phenolic OH excluding ortho intramolecular Hbond substituents is 1. The van der Waals surface area contributed by atoms with Gasteiger partial charge in [0.25, 0.3) is 0 Å². The quantitative estimate of drug-likeness (QED) is 0.353. The molecule has 2 aromatic heterocycles. The minimum absolute atomic E-state index is 0.00361. The standard InChI is InChI=1S/C30H27F2N5O/c1-4-21-23(31)10-5-16-11-20(38)12-22(24(16)21)28-26(32)29-25(27(34-28)15(2)3)30(35-37(29)18-8-9-18)36-14-17-6-7-19(36)13-33-17/h1,5,10-12,17-19,33,38H,2,6-9,13-14H2,3H3/t17-,19+/m1/s1. The highest BCUT2D eigenvalue weighted by molar-refractivity contribution is 6.05. The molecule has 4 fully saturated rings. The van der Waals surface area contributed by atoms with Crippen molar-refractivity contribution in [2.24, 2.45) is 0 Å². The topological polar surface area (TPSA) is 66.2 Å². The van der Waals surface area contributed by atoms with Gasteiger partial charge in [-0.15, -0.1) is 6.42 Å². The van der Waals surface area contributed by atoms with Crippen LogP contribution in [0.5, 0.6) is 5.75 Å². The number of aromatic hydroxyl groups is 1. The van der Waals surface area contributed by atoms with E-state index < -0.39 is 11.6 Å². The predicted molar refractivity (Wildman–Crippen MR) is 145 cm³/mol. The largest absolute Gasteiger partial charge is 0.508 e. The Hall–Kier alpha value is -3.96. The van der Waals surface area contributed by atoms with Gasteiger partial charge in [-0.25, -0.2) is 13.8 Å². The Morgan fingerprint density at radius 2 is 1.95 bits per heavy atom. The first kappa shape index (κ1) is 23.2. The van der Waals surface area contributed by atoms with Gasteiger partial charge in [-0.2, -0.15) is 5.10 Å². The van der Waals surface area contributed by atoms with Crippen LogP contribution in [0.15, 0.2) is 30.8 Å². The Morgan fingerprint density at radius 1 is 1.16 bits per heavy atom. The predicted octanol–water partition coefficient (Wildman–Crippen LogP) is 5.53. The smallest absolute Gasteiger partial charge is 0.175 e. The summed E-state index contributed by atoms with van der Waals surface area (Å²) in [6, 6.07) is 6.43. The van der Waals surface area contributed by atoms with Crippen LogP contribution in [-0.4, -0.2) is 45.0 Å². The number of hydrogen-bond donors (Lipinski definition) is 2. The lowest BCUT2D eigenvalue weighted by Gasteiger charge is -2.46. The van der Waals surface area contributed by atoms with E-state index in [2.05, 4.69) is 22.7 Å². The maximum absolute atomic E-state index is 16.8. The molecule has 2 bridgehead atoms. The summed E-state index contributed by atoms with van der Waals surface area (Å²) in [5, 5.41) is 20.6. The Balaban J connectivity index is 1.56. The molecule has 1 saturated carbocycles. The molecule has 0 amide bonds. The summed E-state index contributed by atoms with van der Waals surface area (Å²) < 4.78 is 33.4. The van der Waals surface area contributed by atoms with Crippen molar-refractivity contribution < 1.29 is 13.9 Å². The molecule has 0 spiro atoms. The highest BCUT2D eigenvalue weighted by Crippen LogP contribution is 2.46. The number of hydrogen-bond acceptors (Lipinski definition) is 5. The van der Waals surface area contributed by atoms with E-state index in [1.807, 2.05) is 6.92 Å². The van der Waals surface area contributed by atoms with E-state index in [0.717, 1.165) is 44.6 Å². The summed E-state index contributed by atoms with van der Waals surface area (Å²) in [7, 11) is 0. The first-order chi connectivity index (χ1) is 18.4. The highest BCUT2D eigenvalue weighted by Gasteiger charge is 2.39. The zero-order valence-electron chi connectivity index (χ0n) is 21.1. The van der Waals surface area contributed by atoms with Crippen LogP contribution in [0, 0.1) is 24.0 Å². The number of pyridine rings is 1. The van der Waals surface area contributed by atoms with Gasteiger partial charge in [-0.05, 0) is 61.8 Å². The third-order valence-corrected chi connectivity index (χ3v) is 8.14. The number of piperazine rings is 1. The van der Waals surface area contributed by atoms with E-state index in [0.29, 0.717) is 39.0 Å². The minimum Gasteiger partial charge on any atom is -0.508 e. The molecule has 3 saturated heterocycles. The van der Waals surface area contributed by atoms with Gasteiger partial charge in [0.15, 0.2) is 11.6 Å². The first-order valence-electron chi connectivity index (χ1n) is 13.1. The molecule has 6 nitrogen and oxygen atoms in total. The zero-order valence-corrected chi connectivity index (χ0v) is 21.1. The van der Waals surface area contributed by atoms with Gasteiger partial charge in [0.1, 0.15) is 22.8 Å². The molecule has 5 heterocycles. The van der Waals surface area contributed by atoms with Crippen molar-refractivity contribution in [1.82, 2.24) is 20.1 Å². The van der Waals surface area contributed by atoms with E-state index in [1.54, 1.807) is 4.68 Å². The van der Waals surface area contributed by atoms with Gasteiger partial charge in [0.05, 0.1) is 22.7 Å². The van der Waals surface area contributed by atoms with E-state index in [1.165, 1.54) is 24.3 Å². The normalized spacial score (nSPS) is 20.8. The molecule has 3 aliphatic heterocycles. The first-order valence-corrected chi connectivity index (χ1v) is 13.1. The van der Waals surface area contributed by atoms with Gasteiger partial charge in [0.2, 0.25) is 0 Å². The lowest BCUT2D eigenvalue weighted by Crippen LogP contribution is -2.61. The average molecular weight is 512 g/mol. The lowest BCUT2D eigenvalue weighted by molar-refractivity contribution is 0.289. The highest BCUT2D eigenvalue weighted by atomic mass is 19.1. The van der Waals surface area contributed by atoms with Crippen LogP contribution in [0.25, 0.3) is 38.5 Å². The fourth-order valence-electron chi connectivity index (χ4n) is 6.17. The molecule has 38 heavy (non-hydrogen) atoms. The Morgan fingerprint density at radius 3 is 2.58 bits per heavy atom. The third-order valence-electron chi connectivity index (χ3n) is 8.14. The summed E-state index contributed by atoms with van der Waals surface area (Å²) in [6.45, 7) is 7.70. The molecule has 8 heteroatoms. The molecular weight excluding hydrogens is 484 g/mol. The number of piperidine rings is 2. The molecule has 8 rings (SSSR count). The summed E-state index contributed by atoms with van der Waals surface area (Å²) in [5.74, 6) is 1.92. The van der Waals surface area contributed by atoms with Crippen LogP contribution in [-0.2, 0) is 0 Å². The van der Waals surface area contributed by atoms with Crippen LogP contribution < -0.4 is 10.2 Å². The van der Waals surface area contributed by atoms with E-state index in [-0.39, 0.29) is 34.7 Å². The number of phenols is 1. The van der Waals surface area contributed by atoms with Crippen molar-refractivity contribution in [3.63, 3.8) is 0 Å². The minimum atomic E-state index is -0.590. The second kappa shape index (κ2) is 8.27. The third kappa shape index (κ3) is 3.35. The summed E-state index contributed by atoms with van der Waals surface area (Å²) in [6.07, 6.45) is 9.71. The maximum atomic E-state index is 16.8. The SMILES string of the molecule is C#Cc1c(F)ccc2cc(O)cc(-c3nc(C(=C)C)c4c(N5C[C@H]6CC[C@H]5CN6)nn(C5CC5)c4c3F)c12. The molecule has 4 aromatic rings. The van der Waals surface area contributed by atoms with Crippen LogP contribution in [0.4, 0.5) is 14.6 Å². The van der Waals surface area contributed by atoms with Crippen molar-refractivity contribution in [2.75, 3.05) is 18.0 Å². The Bertz CT molecular complexity index is 1710. The number of benzene rings is 2. The second-order valence-electron chi connectivity index (χ2n) is 10.8. The number of fused-ring (bicyclic) bond motifs is 5. The van der Waals surface area contributed by atoms with E-state index >= 15 is 4.39 Å². The average Bonchev–Trinajstić information content (AvgIpc) is 3.68. The molecular formula is C30H27F2N5O. The number of nitrogens with one attached hydrogen (secondary N) is 1. The molecule has 4 aliphatic rings. The molecule has 2 N–H and O–H groups in total. The number of anilines is 1. The van der Waals surface area contributed by atoms with Gasteiger partial charge < -0.3 is 15.3 Å². The van der Waals surface area contributed by atoms with Crippen LogP contribution >= 0.6 is 0 Å². The van der Waals surface area contributed by atoms with Gasteiger partial charge in [-0.3, -0.25) is 4.68 Å². The molecule has 1 aliphatic carbocycles. The summed E-state index contributed by atoms with van der Waals surface area (Å²) in [4.78, 5) is 7.11. The van der Waals surface area contributed by atoms with Crippen LogP contribution in [0.3, 0.4) is 0 Å². The fraction of sp³-hybridized carbons (Fsp3) is 0.333. The molecule has 2 atom stereocenters. The number of rotatable bonds is 4. The van der Waals surface area contributed by atoms with Crippen molar-refractivity contribution in [3.8, 4) is 29.4 Å². The van der Waals surface area contributed by atoms with Gasteiger partial charge in [0, 0.05) is 36.1 Å². The van der Waals surface area contributed by atoms with Crippen LogP contribution in [0.1, 0.15) is 49.9 Å². The Kier molecular flexibility index (Phi) is 5.04.